The Labute approximate surface area is 131 Å². The van der Waals surface area contributed by atoms with E-state index in [4.69, 9.17) is 4.74 Å². The molecule has 1 N–H and O–H groups in total. The molecule has 0 saturated carbocycles. The topological polar surface area (TPSA) is 56.1 Å². The predicted molar refractivity (Wildman–Crippen MR) is 85.0 cm³/mol. The maximum atomic E-state index is 11.8. The van der Waals surface area contributed by atoms with Gasteiger partial charge in [0.25, 0.3) is 5.56 Å². The van der Waals surface area contributed by atoms with Gasteiger partial charge >= 0.3 is 0 Å². The van der Waals surface area contributed by atoms with Gasteiger partial charge in [-0.1, -0.05) is 18.2 Å². The summed E-state index contributed by atoms with van der Waals surface area (Å²) in [4.78, 5) is 11.8. The Morgan fingerprint density at radius 1 is 1.48 bits per heavy atom. The zero-order valence-electron chi connectivity index (χ0n) is 11.7. The van der Waals surface area contributed by atoms with Gasteiger partial charge in [-0.2, -0.15) is 5.10 Å². The van der Waals surface area contributed by atoms with E-state index in [9.17, 15) is 4.79 Å². The summed E-state index contributed by atoms with van der Waals surface area (Å²) in [6, 6.07) is 8.10. The maximum absolute atomic E-state index is 11.8. The van der Waals surface area contributed by atoms with E-state index in [1.807, 2.05) is 18.2 Å². The number of hydrogen-bond acceptors (Lipinski definition) is 4. The smallest absolute Gasteiger partial charge is 0.282 e. The largest absolute Gasteiger partial charge is 0.493 e. The van der Waals surface area contributed by atoms with Crippen LogP contribution in [0.3, 0.4) is 0 Å². The molecule has 1 unspecified atom stereocenters. The summed E-state index contributed by atoms with van der Waals surface area (Å²) < 4.78 is 7.48. The monoisotopic (exact) mass is 349 g/mol. The fraction of sp³-hybridized carbons (Fsp3) is 0.333. The summed E-state index contributed by atoms with van der Waals surface area (Å²) in [7, 11) is 1.63. The molecule has 1 aliphatic rings. The second-order valence-electron chi connectivity index (χ2n) is 5.05. The molecule has 0 saturated heterocycles. The molecule has 2 aromatic rings. The number of rotatable bonds is 3. The average Bonchev–Trinajstić information content (AvgIpc) is 2.52. The Balaban J connectivity index is 1.78. The van der Waals surface area contributed by atoms with Crippen LogP contribution >= 0.6 is 15.9 Å². The van der Waals surface area contributed by atoms with E-state index in [1.54, 1.807) is 13.2 Å². The third-order valence-corrected chi connectivity index (χ3v) is 4.47. The third kappa shape index (κ3) is 2.81. The summed E-state index contributed by atoms with van der Waals surface area (Å²) >= 11 is 3.33. The first-order valence-electron chi connectivity index (χ1n) is 6.84. The van der Waals surface area contributed by atoms with Crippen LogP contribution in [0.15, 0.2) is 39.7 Å². The molecule has 6 heteroatoms. The summed E-state index contributed by atoms with van der Waals surface area (Å²) in [6.07, 6.45) is 2.62. The lowest BCUT2D eigenvalue weighted by atomic mass is 9.93. The number of fused-ring (bicyclic) bond motifs is 1. The minimum absolute atomic E-state index is 0.146. The van der Waals surface area contributed by atoms with Crippen molar-refractivity contribution in [3.8, 4) is 5.75 Å². The van der Waals surface area contributed by atoms with E-state index in [0.29, 0.717) is 10.4 Å². The highest BCUT2D eigenvalue weighted by atomic mass is 79.9. The molecule has 5 nitrogen and oxygen atoms in total. The zero-order chi connectivity index (χ0) is 14.8. The van der Waals surface area contributed by atoms with E-state index < -0.39 is 0 Å². The van der Waals surface area contributed by atoms with E-state index in [1.165, 1.54) is 10.2 Å². The first-order valence-corrected chi connectivity index (χ1v) is 7.63. The maximum Gasteiger partial charge on any atom is 0.282 e. The van der Waals surface area contributed by atoms with Crippen molar-refractivity contribution in [3.63, 3.8) is 0 Å². The lowest BCUT2D eigenvalue weighted by Crippen LogP contribution is -2.24. The van der Waals surface area contributed by atoms with Crippen LogP contribution in [0, 0.1) is 0 Å². The first kappa shape index (κ1) is 14.1. The summed E-state index contributed by atoms with van der Waals surface area (Å²) in [6.45, 7) is 1.47. The van der Waals surface area contributed by atoms with Gasteiger partial charge in [-0.05, 0) is 34.0 Å². The van der Waals surface area contributed by atoms with E-state index in [2.05, 4.69) is 32.4 Å². The lowest BCUT2D eigenvalue weighted by molar-refractivity contribution is 0.270. The van der Waals surface area contributed by atoms with Gasteiger partial charge in [0.2, 0.25) is 0 Å². The normalized spacial score (nSPS) is 17.0. The van der Waals surface area contributed by atoms with E-state index >= 15 is 0 Å². The van der Waals surface area contributed by atoms with Crippen LogP contribution in [0.2, 0.25) is 0 Å². The van der Waals surface area contributed by atoms with Crippen LogP contribution < -0.4 is 15.6 Å². The molecule has 1 aromatic heterocycles. The second-order valence-corrected chi connectivity index (χ2v) is 5.85. The zero-order valence-corrected chi connectivity index (χ0v) is 13.3. The second kappa shape index (κ2) is 5.89. The molecule has 0 spiro atoms. The van der Waals surface area contributed by atoms with Crippen molar-refractivity contribution in [3.05, 3.63) is 50.9 Å². The van der Waals surface area contributed by atoms with Gasteiger partial charge in [-0.25, -0.2) is 4.68 Å². The number of aromatic nitrogens is 2. The van der Waals surface area contributed by atoms with Crippen molar-refractivity contribution in [2.45, 2.75) is 12.3 Å². The molecule has 0 radical (unpaired) electrons. The molecule has 110 valence electrons. The van der Waals surface area contributed by atoms with Crippen LogP contribution in [-0.4, -0.2) is 22.9 Å². The number of aryl methyl sites for hydroxylation is 1. The molecule has 1 aliphatic heterocycles. The number of ether oxygens (including phenoxy) is 1. The predicted octanol–water partition coefficient (Wildman–Crippen LogP) is 2.52. The Bertz CT molecular complexity index is 714. The Kier molecular flexibility index (Phi) is 3.96. The first-order chi connectivity index (χ1) is 10.2. The molecule has 21 heavy (non-hydrogen) atoms. The van der Waals surface area contributed by atoms with E-state index in [-0.39, 0.29) is 5.56 Å². The van der Waals surface area contributed by atoms with Crippen molar-refractivity contribution < 1.29 is 4.74 Å². The summed E-state index contributed by atoms with van der Waals surface area (Å²) in [5.74, 6) is 1.32. The van der Waals surface area contributed by atoms with Crippen molar-refractivity contribution >= 4 is 21.6 Å². The summed E-state index contributed by atoms with van der Waals surface area (Å²) in [5.41, 5.74) is 1.79. The molecule has 0 amide bonds. The SMILES string of the molecule is Cn1ncc(NCC2CCOc3ccccc32)c(Br)c1=O. The number of benzene rings is 1. The number of nitrogens with zero attached hydrogens (tertiary/aromatic N) is 2. The fourth-order valence-corrected chi connectivity index (χ4v) is 2.99. The van der Waals surface area contributed by atoms with Gasteiger partial charge in [0.05, 0.1) is 18.5 Å². The van der Waals surface area contributed by atoms with Gasteiger partial charge in [0.15, 0.2) is 0 Å². The molecule has 1 aromatic carbocycles. The lowest BCUT2D eigenvalue weighted by Gasteiger charge is -2.26. The van der Waals surface area contributed by atoms with Crippen LogP contribution in [-0.2, 0) is 7.05 Å². The highest BCUT2D eigenvalue weighted by Crippen LogP contribution is 2.33. The molecule has 0 aliphatic carbocycles. The van der Waals surface area contributed by atoms with E-state index in [0.717, 1.165) is 31.0 Å². The standard InChI is InChI=1S/C15H16BrN3O2/c1-19-15(20)14(16)12(9-18-19)17-8-10-6-7-21-13-5-3-2-4-11(10)13/h2-5,9-10,17H,6-8H2,1H3. The molecular formula is C15H16BrN3O2. The number of nitrogens with one attached hydrogen (secondary N) is 1. The van der Waals surface area contributed by atoms with Gasteiger partial charge in [-0.15, -0.1) is 0 Å². The third-order valence-electron chi connectivity index (χ3n) is 3.70. The van der Waals surface area contributed by atoms with Crippen molar-refractivity contribution in [1.29, 1.82) is 0 Å². The number of anilines is 1. The van der Waals surface area contributed by atoms with Crippen molar-refractivity contribution in [1.82, 2.24) is 9.78 Å². The van der Waals surface area contributed by atoms with Gasteiger partial charge in [0, 0.05) is 19.5 Å². The fourth-order valence-electron chi connectivity index (χ4n) is 2.50. The Hall–Kier alpha value is -1.82. The quantitative estimate of drug-likeness (QED) is 0.924. The Morgan fingerprint density at radius 3 is 3.14 bits per heavy atom. The van der Waals surface area contributed by atoms with Gasteiger partial charge < -0.3 is 10.1 Å². The van der Waals surface area contributed by atoms with Crippen LogP contribution in [0.1, 0.15) is 17.9 Å². The van der Waals surface area contributed by atoms with Crippen molar-refractivity contribution in [2.75, 3.05) is 18.5 Å². The number of hydrogen-bond donors (Lipinski definition) is 1. The van der Waals surface area contributed by atoms with Crippen LogP contribution in [0.4, 0.5) is 5.69 Å². The molecule has 2 heterocycles. The van der Waals surface area contributed by atoms with Crippen LogP contribution in [0.5, 0.6) is 5.75 Å². The molecule has 1 atom stereocenters. The van der Waals surface area contributed by atoms with Gasteiger partial charge in [-0.3, -0.25) is 4.79 Å². The minimum Gasteiger partial charge on any atom is -0.493 e. The average molecular weight is 350 g/mol. The highest BCUT2D eigenvalue weighted by molar-refractivity contribution is 9.10. The van der Waals surface area contributed by atoms with Crippen molar-refractivity contribution in [2.24, 2.45) is 7.05 Å². The minimum atomic E-state index is -0.146. The molecule has 0 bridgehead atoms. The molecule has 0 fully saturated rings. The Morgan fingerprint density at radius 2 is 2.29 bits per heavy atom. The number of para-hydroxylation sites is 1. The molecular weight excluding hydrogens is 334 g/mol. The highest BCUT2D eigenvalue weighted by Gasteiger charge is 2.21. The number of halogens is 1. The van der Waals surface area contributed by atoms with Crippen LogP contribution in [0.25, 0.3) is 0 Å². The summed E-state index contributed by atoms with van der Waals surface area (Å²) in [5, 5.41) is 7.35. The molecule has 3 rings (SSSR count). The van der Waals surface area contributed by atoms with Gasteiger partial charge in [0.1, 0.15) is 10.2 Å².